The number of esters is 1. The van der Waals surface area contributed by atoms with Crippen molar-refractivity contribution in [3.8, 4) is 0 Å². The van der Waals surface area contributed by atoms with Gasteiger partial charge in [0.15, 0.2) is 0 Å². The lowest BCUT2D eigenvalue weighted by atomic mass is 9.32. The Morgan fingerprint density at radius 2 is 1.62 bits per heavy atom. The first-order valence-corrected chi connectivity index (χ1v) is 15.0. The minimum Gasteiger partial charge on any atom is -0.465 e. The topological polar surface area (TPSA) is 87.0 Å². The van der Waals surface area contributed by atoms with E-state index in [1.807, 2.05) is 0 Å². The quantitative estimate of drug-likeness (QED) is 0.331. The third kappa shape index (κ3) is 3.62. The van der Waals surface area contributed by atoms with Crippen molar-refractivity contribution in [3.63, 3.8) is 0 Å². The van der Waals surface area contributed by atoms with Crippen LogP contribution in [0.2, 0.25) is 0 Å². The second kappa shape index (κ2) is 9.06. The summed E-state index contributed by atoms with van der Waals surface area (Å²) in [5.41, 5.74) is 0.996. The highest BCUT2D eigenvalue weighted by molar-refractivity contribution is 5.65. The maximum atomic E-state index is 11.9. The monoisotopic (exact) mass is 516 g/mol. The maximum Gasteiger partial charge on any atom is 0.302 e. The molecular weight excluding hydrogens is 464 g/mol. The fraction of sp³-hybridized carbons (Fsp3) is 0.906. The predicted octanol–water partition coefficient (Wildman–Crippen LogP) is 5.51. The zero-order valence-corrected chi connectivity index (χ0v) is 24.0. The molecule has 3 N–H and O–H groups in total. The van der Waals surface area contributed by atoms with E-state index in [2.05, 4.69) is 34.3 Å². The molecule has 37 heavy (non-hydrogen) atoms. The lowest BCUT2D eigenvalue weighted by Gasteiger charge is -2.73. The van der Waals surface area contributed by atoms with Gasteiger partial charge in [-0.15, -0.1) is 0 Å². The number of rotatable bonds is 5. The number of aliphatic hydroxyl groups is 3. The molecule has 5 aliphatic carbocycles. The Labute approximate surface area is 224 Å². The van der Waals surface area contributed by atoms with Crippen LogP contribution < -0.4 is 0 Å². The summed E-state index contributed by atoms with van der Waals surface area (Å²) in [5.74, 6) is 1.92. The van der Waals surface area contributed by atoms with E-state index in [-0.39, 0.29) is 40.8 Å². The minimum atomic E-state index is -0.424. The molecule has 0 amide bonds. The Hall–Kier alpha value is -0.910. The Morgan fingerprint density at radius 1 is 0.892 bits per heavy atom. The van der Waals surface area contributed by atoms with E-state index in [9.17, 15) is 20.1 Å². The van der Waals surface area contributed by atoms with Gasteiger partial charge in [-0.2, -0.15) is 0 Å². The molecular formula is C32H52O5. The first-order chi connectivity index (χ1) is 17.3. The average Bonchev–Trinajstić information content (AvgIpc) is 3.25. The molecule has 11 atom stereocenters. The SMILES string of the molecule is C=C(CO)C1CCC2(COC(C)=O)CCC3(C)C(CCC4C5(C)CCC(O)C(C)(CO)C5CCC43C)C12. The van der Waals surface area contributed by atoms with Gasteiger partial charge in [0.05, 0.1) is 25.9 Å². The van der Waals surface area contributed by atoms with Crippen LogP contribution in [-0.4, -0.2) is 47.2 Å². The molecule has 5 saturated carbocycles. The van der Waals surface area contributed by atoms with Gasteiger partial charge in [-0.1, -0.05) is 34.3 Å². The standard InChI is InChI=1S/C32H52O5/c1-20(17-33)22-9-14-32(19-37-21(2)35)16-15-30(5)23(27(22)32)7-8-25-28(3)12-11-26(36)29(4,18-34)24(28)10-13-31(25,30)6/h22-27,33-34,36H,1,7-19H2,2-6H3. The van der Waals surface area contributed by atoms with Gasteiger partial charge in [0, 0.05) is 17.8 Å². The van der Waals surface area contributed by atoms with E-state index in [4.69, 9.17) is 4.74 Å². The van der Waals surface area contributed by atoms with Gasteiger partial charge in [-0.05, 0) is 116 Å². The molecule has 5 rings (SSSR count). The number of carbonyl (C=O) groups is 1. The molecule has 0 aromatic rings. The molecule has 210 valence electrons. The van der Waals surface area contributed by atoms with Crippen LogP contribution in [0.1, 0.15) is 98.8 Å². The predicted molar refractivity (Wildman–Crippen MR) is 144 cm³/mol. The van der Waals surface area contributed by atoms with Crippen LogP contribution in [0, 0.1) is 56.7 Å². The van der Waals surface area contributed by atoms with Gasteiger partial charge in [0.25, 0.3) is 0 Å². The molecule has 0 aromatic heterocycles. The number of ether oxygens (including phenoxy) is 1. The van der Waals surface area contributed by atoms with Gasteiger partial charge >= 0.3 is 5.97 Å². The summed E-state index contributed by atoms with van der Waals surface area (Å²) in [4.78, 5) is 11.9. The second-order valence-corrected chi connectivity index (χ2v) is 15.0. The lowest BCUT2D eigenvalue weighted by Crippen LogP contribution is -2.67. The van der Waals surface area contributed by atoms with Gasteiger partial charge in [-0.25, -0.2) is 0 Å². The summed E-state index contributed by atoms with van der Waals surface area (Å²) in [7, 11) is 0. The van der Waals surface area contributed by atoms with Gasteiger partial charge in [-0.3, -0.25) is 4.79 Å². The summed E-state index contributed by atoms with van der Waals surface area (Å²) < 4.78 is 5.75. The second-order valence-electron chi connectivity index (χ2n) is 15.0. The van der Waals surface area contributed by atoms with Crippen molar-refractivity contribution in [2.24, 2.45) is 56.7 Å². The largest absolute Gasteiger partial charge is 0.465 e. The summed E-state index contributed by atoms with van der Waals surface area (Å²) in [5, 5.41) is 31.6. The molecule has 0 saturated heterocycles. The van der Waals surface area contributed by atoms with Crippen LogP contribution in [0.25, 0.3) is 0 Å². The van der Waals surface area contributed by atoms with E-state index >= 15 is 0 Å². The minimum absolute atomic E-state index is 0.00661. The highest BCUT2D eigenvalue weighted by Gasteiger charge is 2.71. The van der Waals surface area contributed by atoms with Gasteiger partial charge in [0.2, 0.25) is 0 Å². The third-order valence-corrected chi connectivity index (χ3v) is 14.0. The first kappa shape index (κ1) is 27.6. The van der Waals surface area contributed by atoms with Crippen molar-refractivity contribution >= 4 is 5.97 Å². The fourth-order valence-corrected chi connectivity index (χ4v) is 11.8. The molecule has 0 bridgehead atoms. The molecule has 0 aliphatic heterocycles. The van der Waals surface area contributed by atoms with Crippen molar-refractivity contribution in [2.45, 2.75) is 105 Å². The molecule has 5 nitrogen and oxygen atoms in total. The van der Waals surface area contributed by atoms with Crippen molar-refractivity contribution < 1.29 is 24.9 Å². The molecule has 11 unspecified atom stereocenters. The summed E-state index contributed by atoms with van der Waals surface area (Å²) in [6.45, 7) is 16.2. The summed E-state index contributed by atoms with van der Waals surface area (Å²) in [6.07, 6.45) is 10.3. The van der Waals surface area contributed by atoms with Crippen molar-refractivity contribution in [3.05, 3.63) is 12.2 Å². The van der Waals surface area contributed by atoms with Crippen LogP contribution in [0.5, 0.6) is 0 Å². The van der Waals surface area contributed by atoms with E-state index in [1.54, 1.807) is 0 Å². The Bertz CT molecular complexity index is 932. The van der Waals surface area contributed by atoms with E-state index in [1.165, 1.54) is 19.8 Å². The molecule has 0 aromatic carbocycles. The highest BCUT2D eigenvalue weighted by atomic mass is 16.5. The smallest absolute Gasteiger partial charge is 0.302 e. The molecule has 5 aliphatic rings. The van der Waals surface area contributed by atoms with E-state index in [0.29, 0.717) is 36.2 Å². The number of carbonyl (C=O) groups excluding carboxylic acids is 1. The summed E-state index contributed by atoms with van der Waals surface area (Å²) >= 11 is 0. The normalized spacial score (nSPS) is 52.9. The van der Waals surface area contributed by atoms with Crippen LogP contribution in [0.4, 0.5) is 0 Å². The summed E-state index contributed by atoms with van der Waals surface area (Å²) in [6, 6.07) is 0. The lowest BCUT2D eigenvalue weighted by molar-refractivity contribution is -0.255. The van der Waals surface area contributed by atoms with Gasteiger partial charge in [0.1, 0.15) is 0 Å². The molecule has 5 heteroatoms. The Kier molecular flexibility index (Phi) is 6.77. The molecule has 0 heterocycles. The van der Waals surface area contributed by atoms with Crippen LogP contribution in [-0.2, 0) is 9.53 Å². The Balaban J connectivity index is 1.53. The highest BCUT2D eigenvalue weighted by Crippen LogP contribution is 2.77. The zero-order chi connectivity index (χ0) is 27.0. The Morgan fingerprint density at radius 3 is 2.27 bits per heavy atom. The number of aliphatic hydroxyl groups excluding tert-OH is 3. The van der Waals surface area contributed by atoms with Gasteiger partial charge < -0.3 is 20.1 Å². The van der Waals surface area contributed by atoms with E-state index < -0.39 is 11.5 Å². The van der Waals surface area contributed by atoms with Crippen LogP contribution in [0.3, 0.4) is 0 Å². The first-order valence-electron chi connectivity index (χ1n) is 15.0. The van der Waals surface area contributed by atoms with Crippen molar-refractivity contribution in [2.75, 3.05) is 19.8 Å². The zero-order valence-electron chi connectivity index (χ0n) is 24.0. The number of hydrogen-bond donors (Lipinski definition) is 3. The number of hydrogen-bond acceptors (Lipinski definition) is 5. The molecule has 0 spiro atoms. The number of fused-ring (bicyclic) bond motifs is 7. The fourth-order valence-electron chi connectivity index (χ4n) is 11.8. The average molecular weight is 517 g/mol. The third-order valence-electron chi connectivity index (χ3n) is 14.0. The maximum absolute atomic E-state index is 11.9. The van der Waals surface area contributed by atoms with Crippen LogP contribution in [0.15, 0.2) is 12.2 Å². The van der Waals surface area contributed by atoms with E-state index in [0.717, 1.165) is 56.9 Å². The van der Waals surface area contributed by atoms with Crippen LogP contribution >= 0.6 is 0 Å². The molecule has 0 radical (unpaired) electrons. The molecule has 5 fully saturated rings. The van der Waals surface area contributed by atoms with Crippen molar-refractivity contribution in [1.82, 2.24) is 0 Å². The van der Waals surface area contributed by atoms with Crippen molar-refractivity contribution in [1.29, 1.82) is 0 Å².